The molecule has 0 amide bonds. The Bertz CT molecular complexity index is 580. The molecule has 0 fully saturated rings. The van der Waals surface area contributed by atoms with Crippen molar-refractivity contribution < 1.29 is 0 Å². The predicted octanol–water partition coefficient (Wildman–Crippen LogP) is 3.94. The molecule has 1 N–H and O–H groups in total. The van der Waals surface area contributed by atoms with Gasteiger partial charge >= 0.3 is 0 Å². The highest BCUT2D eigenvalue weighted by molar-refractivity contribution is 7.11. The van der Waals surface area contributed by atoms with Gasteiger partial charge in [0.05, 0.1) is 11.6 Å². The molecular weight excluding hydrogens is 280 g/mol. The van der Waals surface area contributed by atoms with Gasteiger partial charge in [-0.3, -0.25) is 0 Å². The van der Waals surface area contributed by atoms with Crippen LogP contribution in [0.2, 0.25) is 5.15 Å². The minimum Gasteiger partial charge on any atom is -0.365 e. The molecule has 6 heteroatoms. The smallest absolute Gasteiger partial charge is 0.137 e. The van der Waals surface area contributed by atoms with Crippen LogP contribution in [0.1, 0.15) is 41.0 Å². The molecule has 102 valence electrons. The SMILES string of the molecule is Cc1ncc(CNc2nc(C(C)C)nc(Cl)c2C)s1. The Hall–Kier alpha value is -1.20. The summed E-state index contributed by atoms with van der Waals surface area (Å²) in [7, 11) is 0. The average Bonchev–Trinajstić information content (AvgIpc) is 2.76. The van der Waals surface area contributed by atoms with E-state index in [1.165, 1.54) is 4.88 Å². The maximum atomic E-state index is 6.15. The van der Waals surface area contributed by atoms with Gasteiger partial charge in [0.2, 0.25) is 0 Å². The van der Waals surface area contributed by atoms with Gasteiger partial charge in [-0.05, 0) is 13.8 Å². The lowest BCUT2D eigenvalue weighted by molar-refractivity contribution is 0.771. The van der Waals surface area contributed by atoms with E-state index in [1.54, 1.807) is 11.3 Å². The van der Waals surface area contributed by atoms with Gasteiger partial charge in [0, 0.05) is 22.6 Å². The zero-order valence-corrected chi connectivity index (χ0v) is 13.1. The van der Waals surface area contributed by atoms with Gasteiger partial charge in [0.15, 0.2) is 0 Å². The van der Waals surface area contributed by atoms with Crippen molar-refractivity contribution >= 4 is 28.8 Å². The van der Waals surface area contributed by atoms with Crippen LogP contribution in [0.15, 0.2) is 6.20 Å². The first-order chi connectivity index (χ1) is 8.97. The van der Waals surface area contributed by atoms with E-state index in [2.05, 4.69) is 34.1 Å². The summed E-state index contributed by atoms with van der Waals surface area (Å²) < 4.78 is 0. The predicted molar refractivity (Wildman–Crippen MR) is 80.0 cm³/mol. The molecule has 0 aliphatic heterocycles. The monoisotopic (exact) mass is 296 g/mol. The molecule has 2 rings (SSSR count). The van der Waals surface area contributed by atoms with Gasteiger partial charge in [0.25, 0.3) is 0 Å². The molecule has 19 heavy (non-hydrogen) atoms. The summed E-state index contributed by atoms with van der Waals surface area (Å²) in [6, 6.07) is 0. The lowest BCUT2D eigenvalue weighted by atomic mass is 10.2. The number of hydrogen-bond donors (Lipinski definition) is 1. The molecule has 0 aromatic carbocycles. The molecule has 0 saturated carbocycles. The Morgan fingerprint density at radius 1 is 1.32 bits per heavy atom. The quantitative estimate of drug-likeness (QED) is 0.868. The van der Waals surface area contributed by atoms with E-state index in [4.69, 9.17) is 11.6 Å². The lowest BCUT2D eigenvalue weighted by Crippen LogP contribution is -2.07. The van der Waals surface area contributed by atoms with Gasteiger partial charge in [-0.1, -0.05) is 25.4 Å². The van der Waals surface area contributed by atoms with Crippen molar-refractivity contribution in [1.29, 1.82) is 0 Å². The summed E-state index contributed by atoms with van der Waals surface area (Å²) in [5.41, 5.74) is 0.882. The number of hydrogen-bond acceptors (Lipinski definition) is 5. The van der Waals surface area contributed by atoms with Crippen molar-refractivity contribution in [3.8, 4) is 0 Å². The number of aromatic nitrogens is 3. The number of thiazole rings is 1. The fourth-order valence-electron chi connectivity index (χ4n) is 1.59. The maximum absolute atomic E-state index is 6.15. The maximum Gasteiger partial charge on any atom is 0.137 e. The molecule has 0 bridgehead atoms. The largest absolute Gasteiger partial charge is 0.365 e. The fraction of sp³-hybridized carbons (Fsp3) is 0.462. The van der Waals surface area contributed by atoms with Crippen LogP contribution in [0.5, 0.6) is 0 Å². The van der Waals surface area contributed by atoms with Crippen LogP contribution in [-0.2, 0) is 6.54 Å². The number of anilines is 1. The third-order valence-electron chi connectivity index (χ3n) is 2.72. The summed E-state index contributed by atoms with van der Waals surface area (Å²) in [5.74, 6) is 1.82. The second kappa shape index (κ2) is 5.84. The lowest BCUT2D eigenvalue weighted by Gasteiger charge is -2.12. The van der Waals surface area contributed by atoms with E-state index >= 15 is 0 Å². The second-order valence-corrected chi connectivity index (χ2v) is 6.38. The van der Waals surface area contributed by atoms with Crippen molar-refractivity contribution in [1.82, 2.24) is 15.0 Å². The Morgan fingerprint density at radius 3 is 2.63 bits per heavy atom. The normalized spacial score (nSPS) is 11.1. The number of aryl methyl sites for hydroxylation is 1. The number of rotatable bonds is 4. The molecule has 0 unspecified atom stereocenters. The fourth-order valence-corrected chi connectivity index (χ4v) is 2.50. The van der Waals surface area contributed by atoms with Crippen molar-refractivity contribution in [2.24, 2.45) is 0 Å². The molecule has 0 aliphatic carbocycles. The van der Waals surface area contributed by atoms with Crippen LogP contribution in [0.3, 0.4) is 0 Å². The van der Waals surface area contributed by atoms with Crippen LogP contribution >= 0.6 is 22.9 Å². The molecule has 0 aliphatic rings. The van der Waals surface area contributed by atoms with E-state index in [-0.39, 0.29) is 5.92 Å². The van der Waals surface area contributed by atoms with Crippen LogP contribution in [0.25, 0.3) is 0 Å². The van der Waals surface area contributed by atoms with Crippen LogP contribution < -0.4 is 5.32 Å². The Labute approximate surface area is 122 Å². The van der Waals surface area contributed by atoms with Gasteiger partial charge < -0.3 is 5.32 Å². The third kappa shape index (κ3) is 3.42. The first kappa shape index (κ1) is 14.2. The minimum absolute atomic E-state index is 0.254. The Kier molecular flexibility index (Phi) is 4.37. The summed E-state index contributed by atoms with van der Waals surface area (Å²) in [6.07, 6.45) is 1.88. The zero-order chi connectivity index (χ0) is 14.0. The second-order valence-electron chi connectivity index (χ2n) is 4.70. The topological polar surface area (TPSA) is 50.7 Å². The first-order valence-electron chi connectivity index (χ1n) is 6.16. The van der Waals surface area contributed by atoms with Gasteiger partial charge in [-0.25, -0.2) is 15.0 Å². The molecule has 0 spiro atoms. The standard InChI is InChI=1S/C13H17ClN4S/c1-7(2)12-17-11(14)8(3)13(18-12)16-6-10-5-15-9(4)19-10/h5,7H,6H2,1-4H3,(H,16,17,18). The van der Waals surface area contributed by atoms with Gasteiger partial charge in [-0.2, -0.15) is 0 Å². The highest BCUT2D eigenvalue weighted by Crippen LogP contribution is 2.23. The molecule has 0 atom stereocenters. The van der Waals surface area contributed by atoms with E-state index in [1.807, 2.05) is 20.0 Å². The van der Waals surface area contributed by atoms with Crippen LogP contribution in [-0.4, -0.2) is 15.0 Å². The minimum atomic E-state index is 0.254. The highest BCUT2D eigenvalue weighted by Gasteiger charge is 2.11. The highest BCUT2D eigenvalue weighted by atomic mass is 35.5. The summed E-state index contributed by atoms with van der Waals surface area (Å²) in [6.45, 7) is 8.73. The Balaban J connectivity index is 2.19. The molecule has 2 aromatic rings. The average molecular weight is 297 g/mol. The van der Waals surface area contributed by atoms with E-state index in [0.717, 1.165) is 22.2 Å². The van der Waals surface area contributed by atoms with Crippen LogP contribution in [0.4, 0.5) is 5.82 Å². The molecule has 4 nitrogen and oxygen atoms in total. The Morgan fingerprint density at radius 2 is 2.05 bits per heavy atom. The third-order valence-corrected chi connectivity index (χ3v) is 4.00. The van der Waals surface area contributed by atoms with Crippen LogP contribution in [0, 0.1) is 13.8 Å². The van der Waals surface area contributed by atoms with Gasteiger partial charge in [-0.15, -0.1) is 11.3 Å². The summed E-state index contributed by atoms with van der Waals surface area (Å²) in [4.78, 5) is 14.2. The number of nitrogens with one attached hydrogen (secondary N) is 1. The molecular formula is C13H17ClN4S. The molecule has 0 saturated heterocycles. The summed E-state index contributed by atoms with van der Waals surface area (Å²) >= 11 is 7.83. The summed E-state index contributed by atoms with van der Waals surface area (Å²) in [5, 5.41) is 4.90. The van der Waals surface area contributed by atoms with Gasteiger partial charge in [0.1, 0.15) is 16.8 Å². The molecule has 0 radical (unpaired) electrons. The van der Waals surface area contributed by atoms with E-state index in [0.29, 0.717) is 11.7 Å². The van der Waals surface area contributed by atoms with Crippen molar-refractivity contribution in [3.63, 3.8) is 0 Å². The molecule has 2 aromatic heterocycles. The van der Waals surface area contributed by atoms with Crippen molar-refractivity contribution in [3.05, 3.63) is 32.6 Å². The van der Waals surface area contributed by atoms with Crippen molar-refractivity contribution in [2.45, 2.75) is 40.2 Å². The first-order valence-corrected chi connectivity index (χ1v) is 7.36. The molecule has 2 heterocycles. The number of halogens is 1. The van der Waals surface area contributed by atoms with E-state index < -0.39 is 0 Å². The number of nitrogens with zero attached hydrogens (tertiary/aromatic N) is 3. The van der Waals surface area contributed by atoms with E-state index in [9.17, 15) is 0 Å². The zero-order valence-electron chi connectivity index (χ0n) is 11.5. The van der Waals surface area contributed by atoms with Crippen molar-refractivity contribution in [2.75, 3.05) is 5.32 Å².